The van der Waals surface area contributed by atoms with Crippen LogP contribution in [0.5, 0.6) is 11.5 Å². The van der Waals surface area contributed by atoms with Gasteiger partial charge in [0.05, 0.1) is 18.7 Å². The van der Waals surface area contributed by atoms with Crippen molar-refractivity contribution in [3.05, 3.63) is 45.4 Å². The molecule has 0 spiro atoms. The summed E-state index contributed by atoms with van der Waals surface area (Å²) in [6, 6.07) is 0.619. The number of nitrogens with two attached hydrogens (primary N) is 1. The second-order valence-corrected chi connectivity index (χ2v) is 10.9. The average molecular weight is 530 g/mol. The number of primary amides is 1. The lowest BCUT2D eigenvalue weighted by atomic mass is 9.58. The maximum Gasteiger partial charge on any atom is 0.255 e. The Balaban J connectivity index is 1.92. The van der Waals surface area contributed by atoms with Gasteiger partial charge < -0.3 is 30.9 Å². The zero-order valence-electron chi connectivity index (χ0n) is 22.4. The van der Waals surface area contributed by atoms with Gasteiger partial charge >= 0.3 is 0 Å². The van der Waals surface area contributed by atoms with Crippen molar-refractivity contribution in [1.29, 1.82) is 0 Å². The monoisotopic (exact) mass is 529 g/mol. The molecular weight excluding hydrogens is 494 g/mol. The quantitative estimate of drug-likeness (QED) is 0.334. The molecule has 38 heavy (non-hydrogen) atoms. The summed E-state index contributed by atoms with van der Waals surface area (Å²) in [6.07, 6.45) is 0.191. The molecule has 0 fully saturated rings. The molecule has 0 bridgehead atoms. The van der Waals surface area contributed by atoms with Gasteiger partial charge in [-0.15, -0.1) is 0 Å². The largest absolute Gasteiger partial charge is 0.510 e. The number of likely N-dealkylation sites (N-methyl/N-ethyl adjacent to an activating group) is 1. The number of phenols is 1. The average Bonchev–Trinajstić information content (AvgIpc) is 2.80. The van der Waals surface area contributed by atoms with Gasteiger partial charge in [-0.1, -0.05) is 0 Å². The maximum atomic E-state index is 13.8. The fourth-order valence-electron chi connectivity index (χ4n) is 6.19. The third kappa shape index (κ3) is 3.79. The summed E-state index contributed by atoms with van der Waals surface area (Å²) in [5, 5.41) is 44.8. The van der Waals surface area contributed by atoms with Gasteiger partial charge in [-0.3, -0.25) is 24.2 Å². The van der Waals surface area contributed by atoms with Crippen LogP contribution < -0.4 is 10.5 Å². The van der Waals surface area contributed by atoms with E-state index in [0.29, 0.717) is 23.4 Å². The van der Waals surface area contributed by atoms with E-state index in [9.17, 15) is 34.8 Å². The number of fused-ring (bicyclic) bond motifs is 3. The first-order valence-electron chi connectivity index (χ1n) is 12.4. The Morgan fingerprint density at radius 3 is 2.37 bits per heavy atom. The normalized spacial score (nSPS) is 27.2. The number of rotatable bonds is 6. The third-order valence-electron chi connectivity index (χ3n) is 8.26. The number of Topliss-reactive ketones (excluding diaryl/α,β-unsaturated/α-hetero) is 2. The number of phenolic OH excluding ortho intramolecular Hbond substituents is 1. The van der Waals surface area contributed by atoms with Gasteiger partial charge in [0, 0.05) is 35.2 Å². The molecule has 0 aromatic heterocycles. The number of carbonyl (C=O) groups excluding carboxylic acids is 3. The smallest absolute Gasteiger partial charge is 0.255 e. The minimum atomic E-state index is -2.66. The predicted octanol–water partition coefficient (Wildman–Crippen LogP) is 0.969. The number of hydrogen-bond donors (Lipinski definition) is 5. The molecule has 1 aromatic rings. The number of allylic oxidation sites excluding steroid dienone is 1. The molecular formula is C27H35N3O8. The van der Waals surface area contributed by atoms with E-state index in [1.165, 1.54) is 18.1 Å². The molecule has 0 heterocycles. The van der Waals surface area contributed by atoms with Crippen LogP contribution >= 0.6 is 0 Å². The van der Waals surface area contributed by atoms with E-state index in [4.69, 9.17) is 10.5 Å². The Labute approximate surface area is 220 Å². The van der Waals surface area contributed by atoms with Gasteiger partial charge in [0.15, 0.2) is 11.4 Å². The molecule has 11 heteroatoms. The van der Waals surface area contributed by atoms with Crippen molar-refractivity contribution in [2.75, 3.05) is 28.3 Å². The van der Waals surface area contributed by atoms with Gasteiger partial charge in [-0.05, 0) is 59.8 Å². The molecule has 0 aliphatic heterocycles. The van der Waals surface area contributed by atoms with Crippen molar-refractivity contribution >= 4 is 17.5 Å². The molecule has 0 saturated carbocycles. The minimum absolute atomic E-state index is 0.0196. The molecule has 206 valence electrons. The van der Waals surface area contributed by atoms with Crippen LogP contribution in [0.3, 0.4) is 0 Å². The van der Waals surface area contributed by atoms with Gasteiger partial charge in [-0.25, -0.2) is 0 Å². The summed E-state index contributed by atoms with van der Waals surface area (Å²) in [4.78, 5) is 42.8. The van der Waals surface area contributed by atoms with Gasteiger partial charge in [0.2, 0.25) is 5.78 Å². The molecule has 4 rings (SSSR count). The summed E-state index contributed by atoms with van der Waals surface area (Å²) in [6.45, 7) is 4.50. The number of carbonyl (C=O) groups is 3. The fraction of sp³-hybridized carbons (Fsp3) is 0.519. The Morgan fingerprint density at radius 2 is 1.84 bits per heavy atom. The number of benzene rings is 1. The highest BCUT2D eigenvalue weighted by Crippen LogP contribution is 2.53. The third-order valence-corrected chi connectivity index (χ3v) is 8.26. The lowest BCUT2D eigenvalue weighted by Gasteiger charge is -2.50. The number of amides is 1. The number of hydrogen-bond acceptors (Lipinski definition) is 10. The summed E-state index contributed by atoms with van der Waals surface area (Å²) in [5.41, 5.74) is 2.74. The molecule has 3 aliphatic rings. The highest BCUT2D eigenvalue weighted by atomic mass is 16.5. The van der Waals surface area contributed by atoms with Crippen molar-refractivity contribution in [3.63, 3.8) is 0 Å². The maximum absolute atomic E-state index is 13.8. The van der Waals surface area contributed by atoms with E-state index in [-0.39, 0.29) is 35.8 Å². The predicted molar refractivity (Wildman–Crippen MR) is 137 cm³/mol. The summed E-state index contributed by atoms with van der Waals surface area (Å²) >= 11 is 0. The second kappa shape index (κ2) is 9.40. The number of ketones is 2. The van der Waals surface area contributed by atoms with Gasteiger partial charge in [-0.2, -0.15) is 0 Å². The van der Waals surface area contributed by atoms with E-state index in [1.807, 2.05) is 25.8 Å². The number of aromatic hydroxyl groups is 1. The van der Waals surface area contributed by atoms with Crippen LogP contribution in [0.25, 0.3) is 0 Å². The number of ether oxygens (including phenoxy) is 1. The van der Waals surface area contributed by atoms with Crippen LogP contribution in [-0.4, -0.2) is 93.6 Å². The van der Waals surface area contributed by atoms with Crippen molar-refractivity contribution in [2.24, 2.45) is 17.6 Å². The summed E-state index contributed by atoms with van der Waals surface area (Å²) < 4.78 is 5.72. The number of aliphatic hydroxyl groups excluding tert-OH is 2. The van der Waals surface area contributed by atoms with Gasteiger partial charge in [0.1, 0.15) is 28.6 Å². The number of aliphatic hydroxyl groups is 3. The van der Waals surface area contributed by atoms with Crippen LogP contribution in [0, 0.1) is 11.8 Å². The first-order valence-corrected chi connectivity index (χ1v) is 12.4. The van der Waals surface area contributed by atoms with E-state index in [0.717, 1.165) is 0 Å². The molecule has 0 radical (unpaired) electrons. The lowest BCUT2D eigenvalue weighted by molar-refractivity contribution is -0.148. The Bertz CT molecular complexity index is 1300. The molecule has 4 atom stereocenters. The number of methoxy groups -OCH3 is 1. The summed E-state index contributed by atoms with van der Waals surface area (Å²) in [7, 11) is 6.58. The van der Waals surface area contributed by atoms with E-state index in [2.05, 4.69) is 0 Å². The highest BCUT2D eigenvalue weighted by molar-refractivity contribution is 6.24. The standard InChI is InChI=1S/C27H35N3O8/c1-11(2)30(5)10-13-9-16(31)18-14(23(13)38-6)7-12-8-15-20(29(3)4)22(33)19(26(28)36)25(35)27(15,37)24(34)17(12)21(18)32/h9,11-12,15,20,31,33-34,37H,7-8,10H2,1-6H3,(H2,28,36)/t12-,15-,20-,27-/m0/s1. The zero-order chi connectivity index (χ0) is 28.4. The van der Waals surface area contributed by atoms with Crippen LogP contribution in [0.2, 0.25) is 0 Å². The molecule has 0 saturated heterocycles. The van der Waals surface area contributed by atoms with Crippen LogP contribution in [0.4, 0.5) is 0 Å². The molecule has 1 aromatic carbocycles. The highest BCUT2D eigenvalue weighted by Gasteiger charge is 2.63. The van der Waals surface area contributed by atoms with E-state index in [1.54, 1.807) is 14.1 Å². The van der Waals surface area contributed by atoms with Crippen molar-refractivity contribution < 1.29 is 39.5 Å². The Kier molecular flexibility index (Phi) is 6.84. The van der Waals surface area contributed by atoms with E-state index < -0.39 is 58.0 Å². The first-order chi connectivity index (χ1) is 17.7. The van der Waals surface area contributed by atoms with Crippen molar-refractivity contribution in [1.82, 2.24) is 9.80 Å². The topological polar surface area (TPSA) is 174 Å². The number of nitrogens with zero attached hydrogens (tertiary/aromatic N) is 2. The molecule has 3 aliphatic carbocycles. The SMILES string of the molecule is COc1c(CN(C)C(C)C)cc(O)c2c1C[C@H]1C[C@H]3[C@H](N(C)C)C(O)=C(C(N)=O)C(=O)[C@@]3(O)C(O)=C1C2=O. The van der Waals surface area contributed by atoms with Gasteiger partial charge in [0.25, 0.3) is 5.91 Å². The lowest BCUT2D eigenvalue weighted by Crippen LogP contribution is -2.63. The van der Waals surface area contributed by atoms with E-state index >= 15 is 0 Å². The summed E-state index contributed by atoms with van der Waals surface area (Å²) in [5.74, 6) is -6.35. The first kappa shape index (κ1) is 27.6. The van der Waals surface area contributed by atoms with Crippen LogP contribution in [0.1, 0.15) is 41.8 Å². The van der Waals surface area contributed by atoms with Crippen molar-refractivity contribution in [2.45, 2.75) is 50.9 Å². The van der Waals surface area contributed by atoms with Crippen molar-refractivity contribution in [3.8, 4) is 11.5 Å². The molecule has 0 unspecified atom stereocenters. The van der Waals surface area contributed by atoms with Crippen LogP contribution in [-0.2, 0) is 22.6 Å². The Morgan fingerprint density at radius 1 is 1.21 bits per heavy atom. The fourth-order valence-corrected chi connectivity index (χ4v) is 6.19. The van der Waals surface area contributed by atoms with Crippen LogP contribution in [0.15, 0.2) is 28.7 Å². The molecule has 11 nitrogen and oxygen atoms in total. The molecule has 6 N–H and O–H groups in total. The second-order valence-electron chi connectivity index (χ2n) is 10.9. The zero-order valence-corrected chi connectivity index (χ0v) is 22.4. The Hall–Kier alpha value is -3.41. The molecule has 1 amide bonds. The minimum Gasteiger partial charge on any atom is -0.510 e.